The Kier molecular flexibility index (Phi) is 48.9. The molecule has 0 atom stereocenters. The molecule has 2 aliphatic rings. The van der Waals surface area contributed by atoms with Gasteiger partial charge in [-0.05, 0) is 218 Å². The van der Waals surface area contributed by atoms with E-state index in [1.54, 1.807) is 19.1 Å². The zero-order valence-electron chi connectivity index (χ0n) is 74.1. The molecule has 123 heavy (non-hydrogen) atoms. The third-order valence-electron chi connectivity index (χ3n) is 22.3. The first-order valence-corrected chi connectivity index (χ1v) is 44.6. The van der Waals surface area contributed by atoms with Crippen molar-refractivity contribution in [3.8, 4) is 56.4 Å². The number of aryl methyl sites for hydroxylation is 2. The van der Waals surface area contributed by atoms with Crippen LogP contribution in [0.3, 0.4) is 0 Å². The van der Waals surface area contributed by atoms with Crippen LogP contribution < -0.4 is 18.9 Å². The van der Waals surface area contributed by atoms with Gasteiger partial charge in [-0.1, -0.05) is 196 Å². The summed E-state index contributed by atoms with van der Waals surface area (Å²) in [5.41, 5.74) is 11.1. The number of halogens is 1. The third-order valence-corrected chi connectivity index (χ3v) is 22.3. The number of esters is 7. The van der Waals surface area contributed by atoms with Crippen LogP contribution in [0, 0.1) is 29.5 Å². The first kappa shape index (κ1) is 102. The molecule has 0 unspecified atom stereocenters. The molecule has 0 aromatic heterocycles. The van der Waals surface area contributed by atoms with Crippen molar-refractivity contribution in [2.45, 2.75) is 233 Å². The van der Waals surface area contributed by atoms with Crippen molar-refractivity contribution in [1.82, 2.24) is 0 Å². The van der Waals surface area contributed by atoms with Gasteiger partial charge in [-0.3, -0.25) is 24.0 Å². The lowest BCUT2D eigenvalue weighted by molar-refractivity contribution is -0.156. The van der Waals surface area contributed by atoms with Crippen LogP contribution in [0.4, 0.5) is 4.39 Å². The van der Waals surface area contributed by atoms with Gasteiger partial charge in [-0.2, -0.15) is 0 Å². The average Bonchev–Trinajstić information content (AvgIpc) is 0.833. The Morgan fingerprint density at radius 2 is 0.805 bits per heavy atom. The van der Waals surface area contributed by atoms with Crippen molar-refractivity contribution in [3.63, 3.8) is 0 Å². The second-order valence-electron chi connectivity index (χ2n) is 32.3. The normalized spacial score (nSPS) is 14.7. The number of benzene rings is 6. The molecule has 0 saturated heterocycles. The maximum atomic E-state index is 14.8. The van der Waals surface area contributed by atoms with Crippen LogP contribution in [0.2, 0.25) is 0 Å². The fourth-order valence-electron chi connectivity index (χ4n) is 14.9. The summed E-state index contributed by atoms with van der Waals surface area (Å²) < 4.78 is 73.0. The number of hydrogen-bond acceptors (Lipinski definition) is 21. The van der Waals surface area contributed by atoms with Gasteiger partial charge in [0.05, 0.1) is 91.8 Å². The fourth-order valence-corrected chi connectivity index (χ4v) is 14.9. The summed E-state index contributed by atoms with van der Waals surface area (Å²) in [5.74, 6) is -0.308. The zero-order valence-corrected chi connectivity index (χ0v) is 74.1. The lowest BCUT2D eigenvalue weighted by Gasteiger charge is -2.29. The van der Waals surface area contributed by atoms with Gasteiger partial charge in [0.15, 0.2) is 11.6 Å². The van der Waals surface area contributed by atoms with Gasteiger partial charge in [0.25, 0.3) is 0 Å². The number of rotatable bonds is 53. The fraction of sp³-hybridized carbons (Fsp3) is 0.535. The lowest BCUT2D eigenvalue weighted by atomic mass is 9.77. The standard InChI is InChI=1S/C35H46O9.C35H48O5.C31H43FO7/c1-4-5-6-7-25-8-10-27(11-9-25)28-12-14-29(15-13-28)30-16-18-31(19-17-30)42-22-26(23-43-34(38)20-32(36)40-2)24-44-35(39)21-33(37)41-3;1-5-6-7-10-28-12-14-29(15-13-28)30-16-18-31(19-17-30)32-20-21-34(39-24-9-23-38-27(4)36)33(25-32)11-8-22-40-35(37)26(2)3;1-3-4-5-6-7-8-15-37-30-14-12-26(18-28(30)32)25-11-13-29(39-22-24(20-34)21-35)27(17-25)10-9-16-38-31(36)23(2)19-33/h12-19,25-27H,4-11,20-24H2,1-3H3;16-21,25,28-29H,2,5-15,22-24H2,1,3-4H3;11-14,17-18,24,33-35H,2-10,15-16,19-22H2,1H3. The van der Waals surface area contributed by atoms with Gasteiger partial charge < -0.3 is 67.4 Å². The van der Waals surface area contributed by atoms with Gasteiger partial charge in [0.2, 0.25) is 0 Å². The molecule has 0 amide bonds. The molecule has 6 aromatic carbocycles. The van der Waals surface area contributed by atoms with Crippen LogP contribution in [0.1, 0.15) is 242 Å². The highest BCUT2D eigenvalue weighted by molar-refractivity contribution is 5.92. The second kappa shape index (κ2) is 59.0. The Hall–Kier alpha value is -9.90. The Morgan fingerprint density at radius 1 is 0.398 bits per heavy atom. The summed E-state index contributed by atoms with van der Waals surface area (Å²) in [7, 11) is 2.35. The summed E-state index contributed by atoms with van der Waals surface area (Å²) in [6.45, 7) is 17.6. The topological polar surface area (TPSA) is 282 Å². The highest BCUT2D eigenvalue weighted by atomic mass is 19.1. The zero-order chi connectivity index (χ0) is 88.9. The van der Waals surface area contributed by atoms with E-state index in [1.807, 2.05) is 48.5 Å². The predicted octanol–water partition coefficient (Wildman–Crippen LogP) is 20.2. The van der Waals surface area contributed by atoms with E-state index in [4.69, 9.17) is 47.7 Å². The summed E-state index contributed by atoms with van der Waals surface area (Å²) in [6, 6.07) is 42.4. The van der Waals surface area contributed by atoms with E-state index in [0.29, 0.717) is 86.6 Å². The molecular formula is C101H137FO21. The number of carbonyl (C=O) groups excluding carboxylic acids is 7. The SMILES string of the molecule is C=C(C)C(=O)OCCCc1cc(-c2ccc(C3CCC(CCCCC)CC3)cc2)ccc1OCCCOC(C)=O.C=C(CO)C(=O)OCCCc1cc(-c2ccc(OCCCCCCCC)c(F)c2)ccc1OCC(CO)CO.CCCCCC1CCC(c2ccc(-c3ccc(OCC(COC(=O)CC(=O)OC)COC(=O)CC(=O)OC)cc3)cc2)CC1. The molecule has 0 bridgehead atoms. The molecule has 6 aromatic rings. The molecule has 0 radical (unpaired) electrons. The number of unbranched alkanes of at least 4 members (excludes halogenated alkanes) is 9. The van der Waals surface area contributed by atoms with Crippen LogP contribution in [-0.4, -0.2) is 151 Å². The summed E-state index contributed by atoms with van der Waals surface area (Å²) in [4.78, 5) is 81.0. The monoisotopic (exact) mass is 1700 g/mol. The van der Waals surface area contributed by atoms with E-state index in [0.717, 1.165) is 70.2 Å². The molecule has 21 nitrogen and oxygen atoms in total. The van der Waals surface area contributed by atoms with Crippen LogP contribution in [-0.2, 0) is 79.6 Å². The molecule has 2 aliphatic carbocycles. The summed E-state index contributed by atoms with van der Waals surface area (Å²) >= 11 is 0. The van der Waals surface area contributed by atoms with Crippen molar-refractivity contribution in [1.29, 1.82) is 0 Å². The maximum absolute atomic E-state index is 14.8. The number of ether oxygens (including phenoxy) is 11. The quantitative estimate of drug-likeness (QED) is 0.0105. The van der Waals surface area contributed by atoms with E-state index < -0.39 is 66.9 Å². The number of aliphatic hydroxyl groups excluding tert-OH is 3. The number of hydrogen-bond donors (Lipinski definition) is 3. The Morgan fingerprint density at radius 3 is 1.28 bits per heavy atom. The Labute approximate surface area is 729 Å². The Bertz CT molecular complexity index is 4080. The number of methoxy groups -OCH3 is 2. The van der Waals surface area contributed by atoms with Gasteiger partial charge in [-0.15, -0.1) is 0 Å². The minimum absolute atomic E-state index is 0.0125. The van der Waals surface area contributed by atoms with Crippen LogP contribution in [0.5, 0.6) is 23.0 Å². The molecular weight excluding hydrogens is 1570 g/mol. The smallest absolute Gasteiger partial charge is 0.335 e. The van der Waals surface area contributed by atoms with Crippen molar-refractivity contribution in [3.05, 3.63) is 180 Å². The van der Waals surface area contributed by atoms with E-state index in [9.17, 15) is 48.2 Å². The van der Waals surface area contributed by atoms with Gasteiger partial charge in [-0.25, -0.2) is 14.0 Å². The molecule has 22 heteroatoms. The Balaban J connectivity index is 0.000000286. The number of carbonyl (C=O) groups is 7. The van der Waals surface area contributed by atoms with Crippen molar-refractivity contribution < 1.29 is 105 Å². The highest BCUT2D eigenvalue weighted by Gasteiger charge is 2.26. The number of aliphatic hydroxyl groups is 3. The van der Waals surface area contributed by atoms with E-state index in [1.165, 1.54) is 172 Å². The predicted molar refractivity (Wildman–Crippen MR) is 476 cm³/mol. The molecule has 0 spiro atoms. The molecule has 8 rings (SSSR count). The van der Waals surface area contributed by atoms with E-state index in [-0.39, 0.29) is 69.5 Å². The van der Waals surface area contributed by atoms with Gasteiger partial charge in [0, 0.05) is 24.8 Å². The maximum Gasteiger partial charge on any atom is 0.335 e. The summed E-state index contributed by atoms with van der Waals surface area (Å²) in [5, 5.41) is 27.7. The molecule has 2 saturated carbocycles. The van der Waals surface area contributed by atoms with Crippen molar-refractivity contribution >= 4 is 41.8 Å². The van der Waals surface area contributed by atoms with Crippen LogP contribution in [0.15, 0.2) is 152 Å². The molecule has 674 valence electrons. The second-order valence-corrected chi connectivity index (χ2v) is 32.3. The minimum atomic E-state index is -0.770. The highest BCUT2D eigenvalue weighted by Crippen LogP contribution is 2.41. The largest absolute Gasteiger partial charge is 0.493 e. The average molecular weight is 1710 g/mol. The lowest BCUT2D eigenvalue weighted by Crippen LogP contribution is -2.27. The van der Waals surface area contributed by atoms with Crippen molar-refractivity contribution in [2.24, 2.45) is 23.7 Å². The van der Waals surface area contributed by atoms with E-state index in [2.05, 4.69) is 104 Å². The molecule has 0 aliphatic heterocycles. The first-order valence-electron chi connectivity index (χ1n) is 44.6. The van der Waals surface area contributed by atoms with Crippen molar-refractivity contribution in [2.75, 3.05) is 93.5 Å². The molecule has 3 N–H and O–H groups in total. The molecule has 0 heterocycles. The third kappa shape index (κ3) is 39.2. The first-order chi connectivity index (χ1) is 59.6. The van der Waals surface area contributed by atoms with Gasteiger partial charge >= 0.3 is 41.8 Å². The molecule has 2 fully saturated rings. The minimum Gasteiger partial charge on any atom is -0.493 e. The van der Waals surface area contributed by atoms with Crippen LogP contribution >= 0.6 is 0 Å². The summed E-state index contributed by atoms with van der Waals surface area (Å²) in [6.07, 6.45) is 30.2. The van der Waals surface area contributed by atoms with E-state index >= 15 is 0 Å². The van der Waals surface area contributed by atoms with Crippen LogP contribution in [0.25, 0.3) is 33.4 Å². The van der Waals surface area contributed by atoms with Gasteiger partial charge in [0.1, 0.15) is 43.3 Å².